The average Bonchev–Trinajstić information content (AvgIpc) is 3.21. The van der Waals surface area contributed by atoms with Crippen LogP contribution >= 0.6 is 0 Å². The molecule has 35 heavy (non-hydrogen) atoms. The quantitative estimate of drug-likeness (QED) is 0.198. The molecule has 2 amide bonds. The first-order chi connectivity index (χ1) is 16.4. The molecule has 0 spiro atoms. The first kappa shape index (κ1) is 28.0. The number of carbonyl (C=O) groups is 2. The maximum atomic E-state index is 12.8. The molecule has 1 aliphatic heterocycles. The van der Waals surface area contributed by atoms with Gasteiger partial charge in [0.25, 0.3) is 15.8 Å². The van der Waals surface area contributed by atoms with Crippen LogP contribution in [0.2, 0.25) is 0 Å². The van der Waals surface area contributed by atoms with Crippen molar-refractivity contribution in [3.05, 3.63) is 52.6 Å². The second-order valence-electron chi connectivity index (χ2n) is 8.00. The maximum absolute atomic E-state index is 12.8. The minimum atomic E-state index is -3.81. The van der Waals surface area contributed by atoms with Crippen molar-refractivity contribution in [1.29, 1.82) is 0 Å². The zero-order valence-electron chi connectivity index (χ0n) is 19.4. The number of carbonyl (C=O) groups excluding carboxylic acids is 2. The molecule has 1 saturated heterocycles. The molecule has 194 valence electrons. The molecule has 1 N–H and O–H groups in total. The third kappa shape index (κ3) is 8.81. The van der Waals surface area contributed by atoms with E-state index in [1.807, 2.05) is 0 Å². The molecule has 0 bridgehead atoms. The van der Waals surface area contributed by atoms with Crippen molar-refractivity contribution < 1.29 is 41.7 Å². The number of likely N-dealkylation sites (tertiary alicyclic amines) is 1. The van der Waals surface area contributed by atoms with Gasteiger partial charge in [-0.25, -0.2) is 9.59 Å². The Balaban J connectivity index is 2.03. The van der Waals surface area contributed by atoms with Crippen molar-refractivity contribution in [2.24, 2.45) is 0 Å². The SMILES string of the molecule is C=CCOC(=O)N(C)CC[C@@H](O)[C@@H]1C[C@@H](OS(C)(=O)=O)CN1C(=O)OCc1ccc([N+](=O)[O-])cc1. The molecule has 1 aliphatic rings. The van der Waals surface area contributed by atoms with E-state index in [1.54, 1.807) is 0 Å². The summed E-state index contributed by atoms with van der Waals surface area (Å²) in [5.74, 6) is 0. The van der Waals surface area contributed by atoms with Crippen LogP contribution in [0.5, 0.6) is 0 Å². The van der Waals surface area contributed by atoms with Crippen LogP contribution in [-0.2, 0) is 30.4 Å². The predicted molar refractivity (Wildman–Crippen MR) is 123 cm³/mol. The van der Waals surface area contributed by atoms with Gasteiger partial charge in [0, 0.05) is 25.7 Å². The van der Waals surface area contributed by atoms with Gasteiger partial charge in [-0.2, -0.15) is 8.42 Å². The second kappa shape index (κ2) is 12.5. The molecule has 2 rings (SSSR count). The molecule has 14 heteroatoms. The van der Waals surface area contributed by atoms with E-state index >= 15 is 0 Å². The van der Waals surface area contributed by atoms with Crippen LogP contribution in [0.1, 0.15) is 18.4 Å². The topological polar surface area (TPSA) is 166 Å². The van der Waals surface area contributed by atoms with Crippen LogP contribution < -0.4 is 0 Å². The minimum Gasteiger partial charge on any atom is -0.445 e. The van der Waals surface area contributed by atoms with Crippen molar-refractivity contribution in [2.45, 2.75) is 37.7 Å². The zero-order chi connectivity index (χ0) is 26.2. The number of non-ortho nitro benzene ring substituents is 1. The van der Waals surface area contributed by atoms with Gasteiger partial charge in [0.15, 0.2) is 0 Å². The van der Waals surface area contributed by atoms with Crippen LogP contribution in [-0.4, -0.2) is 91.7 Å². The number of rotatable bonds is 11. The fourth-order valence-electron chi connectivity index (χ4n) is 3.51. The summed E-state index contributed by atoms with van der Waals surface area (Å²) in [5.41, 5.74) is 0.394. The van der Waals surface area contributed by atoms with Gasteiger partial charge < -0.3 is 19.5 Å². The van der Waals surface area contributed by atoms with Gasteiger partial charge in [0.05, 0.1) is 36.0 Å². The molecule has 3 atom stereocenters. The fourth-order valence-corrected chi connectivity index (χ4v) is 4.14. The maximum Gasteiger partial charge on any atom is 0.410 e. The smallest absolute Gasteiger partial charge is 0.410 e. The summed E-state index contributed by atoms with van der Waals surface area (Å²) in [6, 6.07) is 4.61. The average molecular weight is 516 g/mol. The third-order valence-corrected chi connectivity index (χ3v) is 5.82. The number of benzene rings is 1. The summed E-state index contributed by atoms with van der Waals surface area (Å²) in [4.78, 5) is 37.3. The van der Waals surface area contributed by atoms with Crippen LogP contribution in [0.3, 0.4) is 0 Å². The predicted octanol–water partition coefficient (Wildman–Crippen LogP) is 1.66. The summed E-state index contributed by atoms with van der Waals surface area (Å²) in [7, 11) is -2.33. The Bertz CT molecular complexity index is 1010. The molecule has 0 unspecified atom stereocenters. The Labute approximate surface area is 203 Å². The molecule has 0 saturated carbocycles. The van der Waals surface area contributed by atoms with Crippen LogP contribution in [0, 0.1) is 10.1 Å². The number of aliphatic hydroxyl groups is 1. The Morgan fingerprint density at radius 2 is 2.00 bits per heavy atom. The highest BCUT2D eigenvalue weighted by atomic mass is 32.2. The Morgan fingerprint density at radius 3 is 2.57 bits per heavy atom. The summed E-state index contributed by atoms with van der Waals surface area (Å²) in [5, 5.41) is 21.5. The van der Waals surface area contributed by atoms with Gasteiger partial charge in [-0.1, -0.05) is 12.7 Å². The fraction of sp³-hybridized carbons (Fsp3) is 0.524. The van der Waals surface area contributed by atoms with Crippen molar-refractivity contribution in [2.75, 3.05) is 33.0 Å². The van der Waals surface area contributed by atoms with E-state index in [-0.39, 0.29) is 44.8 Å². The van der Waals surface area contributed by atoms with Gasteiger partial charge >= 0.3 is 12.2 Å². The van der Waals surface area contributed by atoms with E-state index in [2.05, 4.69) is 6.58 Å². The third-order valence-electron chi connectivity index (χ3n) is 5.20. The van der Waals surface area contributed by atoms with Crippen LogP contribution in [0.15, 0.2) is 36.9 Å². The van der Waals surface area contributed by atoms with E-state index in [1.165, 1.54) is 47.2 Å². The summed E-state index contributed by atoms with van der Waals surface area (Å²) in [6.45, 7) is 3.27. The van der Waals surface area contributed by atoms with Gasteiger partial charge in [-0.3, -0.25) is 19.2 Å². The van der Waals surface area contributed by atoms with Crippen molar-refractivity contribution >= 4 is 28.0 Å². The number of amides is 2. The standard InChI is InChI=1S/C21H29N3O10S/c1-4-11-32-20(26)22(2)10-9-19(25)18-12-17(34-35(3,30)31)13-23(18)21(27)33-14-15-5-7-16(8-6-15)24(28)29/h4-8,17-19,25H,1,9-14H2,2-3H3/t17-,18+,19-/m1/s1. The molecule has 1 heterocycles. The molecule has 1 fully saturated rings. The molecule has 0 aliphatic carbocycles. The van der Waals surface area contributed by atoms with Gasteiger partial charge in [-0.15, -0.1) is 0 Å². The summed E-state index contributed by atoms with van der Waals surface area (Å²) < 4.78 is 38.4. The van der Waals surface area contributed by atoms with E-state index in [0.29, 0.717) is 5.56 Å². The Hall–Kier alpha value is -3.23. The van der Waals surface area contributed by atoms with E-state index in [0.717, 1.165) is 6.26 Å². The molecule has 13 nitrogen and oxygen atoms in total. The van der Waals surface area contributed by atoms with Crippen molar-refractivity contribution in [1.82, 2.24) is 9.80 Å². The Morgan fingerprint density at radius 1 is 1.34 bits per heavy atom. The van der Waals surface area contributed by atoms with Crippen LogP contribution in [0.4, 0.5) is 15.3 Å². The first-order valence-electron chi connectivity index (χ1n) is 10.6. The van der Waals surface area contributed by atoms with E-state index in [9.17, 15) is 33.2 Å². The van der Waals surface area contributed by atoms with Gasteiger partial charge in [-0.05, 0) is 30.5 Å². The number of aliphatic hydroxyl groups excluding tert-OH is 1. The largest absolute Gasteiger partial charge is 0.445 e. The van der Waals surface area contributed by atoms with Crippen molar-refractivity contribution in [3.63, 3.8) is 0 Å². The second-order valence-corrected chi connectivity index (χ2v) is 9.60. The molecular formula is C21H29N3O10S. The molecule has 1 aromatic rings. The normalized spacial score (nSPS) is 18.5. The minimum absolute atomic E-state index is 0.0332. The molecule has 0 radical (unpaired) electrons. The van der Waals surface area contributed by atoms with Gasteiger partial charge in [0.2, 0.25) is 0 Å². The highest BCUT2D eigenvalue weighted by Gasteiger charge is 2.42. The lowest BCUT2D eigenvalue weighted by atomic mass is 10.0. The number of nitrogens with zero attached hydrogens (tertiary/aromatic N) is 3. The van der Waals surface area contributed by atoms with E-state index < -0.39 is 45.5 Å². The van der Waals surface area contributed by atoms with Crippen molar-refractivity contribution in [3.8, 4) is 0 Å². The first-order valence-corrected chi connectivity index (χ1v) is 12.4. The van der Waals surface area contributed by atoms with Gasteiger partial charge in [0.1, 0.15) is 13.2 Å². The lowest BCUT2D eigenvalue weighted by Crippen LogP contribution is -2.44. The number of ether oxygens (including phenoxy) is 2. The molecule has 1 aromatic carbocycles. The van der Waals surface area contributed by atoms with Crippen LogP contribution in [0.25, 0.3) is 0 Å². The van der Waals surface area contributed by atoms with E-state index in [4.69, 9.17) is 13.7 Å². The Kier molecular flexibility index (Phi) is 9.98. The molecular weight excluding hydrogens is 486 g/mol. The number of hydrogen-bond acceptors (Lipinski definition) is 10. The molecule has 0 aromatic heterocycles. The lowest BCUT2D eigenvalue weighted by Gasteiger charge is -2.28. The summed E-state index contributed by atoms with van der Waals surface area (Å²) >= 11 is 0. The summed E-state index contributed by atoms with van der Waals surface area (Å²) in [6.07, 6.45) is -1.02. The monoisotopic (exact) mass is 515 g/mol. The lowest BCUT2D eigenvalue weighted by molar-refractivity contribution is -0.384. The number of hydrogen-bond donors (Lipinski definition) is 1. The highest BCUT2D eigenvalue weighted by molar-refractivity contribution is 7.86. The zero-order valence-corrected chi connectivity index (χ0v) is 20.3. The number of nitro benzene ring substituents is 1. The highest BCUT2D eigenvalue weighted by Crippen LogP contribution is 2.27. The number of nitro groups is 1.